The van der Waals surface area contributed by atoms with Crippen LogP contribution in [-0.2, 0) is 9.59 Å². The summed E-state index contributed by atoms with van der Waals surface area (Å²) in [4.78, 5) is 27.8. The number of nitrogens with zero attached hydrogens (tertiary/aromatic N) is 1. The molecule has 1 atom stereocenters. The average molecular weight is 393 g/mol. The number of carbonyl (C=O) groups is 2. The van der Waals surface area contributed by atoms with Crippen LogP contribution in [0.15, 0.2) is 53.8 Å². The van der Waals surface area contributed by atoms with Crippen LogP contribution in [0.4, 0.5) is 5.69 Å². The molecule has 0 radical (unpaired) electrons. The van der Waals surface area contributed by atoms with Gasteiger partial charge in [-0.15, -0.1) is 0 Å². The number of carbonyl (C=O) groups excluding carboxylic acids is 2. The van der Waals surface area contributed by atoms with Crippen molar-refractivity contribution in [1.82, 2.24) is 0 Å². The van der Waals surface area contributed by atoms with Crippen LogP contribution in [0.3, 0.4) is 0 Å². The molecule has 5 heteroatoms. The van der Waals surface area contributed by atoms with Crippen LogP contribution in [0, 0.1) is 19.3 Å². The molecule has 2 aromatic rings. The summed E-state index contributed by atoms with van der Waals surface area (Å²) in [5.74, 6) is -0.631. The second-order valence-electron chi connectivity index (χ2n) is 8.46. The summed E-state index contributed by atoms with van der Waals surface area (Å²) < 4.78 is 5.23. The first-order valence-corrected chi connectivity index (χ1v) is 9.59. The van der Waals surface area contributed by atoms with Crippen LogP contribution in [0.5, 0.6) is 5.75 Å². The van der Waals surface area contributed by atoms with Crippen LogP contribution in [-0.4, -0.2) is 23.9 Å². The third kappa shape index (κ3) is 3.65. The standard InChI is InChI=1S/C24H27NO4/c1-14-7-10-17(13-15(14)2)25-20(16-8-11-18(29-6)12-9-16)19(21(26)23(25)28)22(27)24(3,4)5/h7-13,20,26H,1-6H3. The Bertz CT molecular complexity index is 997. The molecule has 5 nitrogen and oxygen atoms in total. The van der Waals surface area contributed by atoms with Crippen molar-refractivity contribution in [3.05, 3.63) is 70.5 Å². The van der Waals surface area contributed by atoms with Crippen LogP contribution >= 0.6 is 0 Å². The fourth-order valence-corrected chi connectivity index (χ4v) is 3.48. The number of anilines is 1. The minimum Gasteiger partial charge on any atom is -0.503 e. The summed E-state index contributed by atoms with van der Waals surface area (Å²) in [6, 6.07) is 12.2. The molecule has 1 aliphatic rings. The Morgan fingerprint density at radius 1 is 1.03 bits per heavy atom. The zero-order valence-electron chi connectivity index (χ0n) is 17.7. The molecule has 0 fully saturated rings. The molecule has 0 aromatic heterocycles. The van der Waals surface area contributed by atoms with E-state index >= 15 is 0 Å². The maximum Gasteiger partial charge on any atom is 0.294 e. The van der Waals surface area contributed by atoms with Crippen molar-refractivity contribution in [2.75, 3.05) is 12.0 Å². The van der Waals surface area contributed by atoms with Crippen LogP contribution in [0.1, 0.15) is 43.5 Å². The quantitative estimate of drug-likeness (QED) is 0.808. The number of Topliss-reactive ketones (excluding diaryl/α,β-unsaturated/α-hetero) is 1. The number of ketones is 1. The summed E-state index contributed by atoms with van der Waals surface area (Å²) in [7, 11) is 1.58. The van der Waals surface area contributed by atoms with Gasteiger partial charge in [-0.1, -0.05) is 39.0 Å². The SMILES string of the molecule is COc1ccc(C2C(C(=O)C(C)(C)C)=C(O)C(=O)N2c2ccc(C)c(C)c2)cc1. The summed E-state index contributed by atoms with van der Waals surface area (Å²) in [6.45, 7) is 9.31. The van der Waals surface area contributed by atoms with Crippen molar-refractivity contribution in [3.8, 4) is 5.75 Å². The molecular weight excluding hydrogens is 366 g/mol. The van der Waals surface area contributed by atoms with Crippen molar-refractivity contribution in [2.45, 2.75) is 40.7 Å². The number of rotatable bonds is 4. The topological polar surface area (TPSA) is 66.8 Å². The molecule has 152 valence electrons. The van der Waals surface area contributed by atoms with E-state index in [2.05, 4.69) is 0 Å². The molecule has 0 bridgehead atoms. The number of aliphatic hydroxyl groups excluding tert-OH is 1. The Morgan fingerprint density at radius 3 is 2.17 bits per heavy atom. The van der Waals surface area contributed by atoms with Gasteiger partial charge in [-0.2, -0.15) is 0 Å². The molecule has 0 saturated heterocycles. The van der Waals surface area contributed by atoms with Crippen LogP contribution < -0.4 is 9.64 Å². The average Bonchev–Trinajstić information content (AvgIpc) is 2.94. The highest BCUT2D eigenvalue weighted by Gasteiger charge is 2.46. The Balaban J connectivity index is 2.20. The van der Waals surface area contributed by atoms with Crippen molar-refractivity contribution >= 4 is 17.4 Å². The molecule has 0 saturated carbocycles. The molecule has 1 aliphatic heterocycles. The Hall–Kier alpha value is -3.08. The van der Waals surface area contributed by atoms with E-state index in [0.717, 1.165) is 16.7 Å². The number of benzene rings is 2. The zero-order valence-corrected chi connectivity index (χ0v) is 17.7. The normalized spacial score (nSPS) is 17.1. The van der Waals surface area contributed by atoms with E-state index in [0.29, 0.717) is 11.4 Å². The van der Waals surface area contributed by atoms with Crippen LogP contribution in [0.2, 0.25) is 0 Å². The lowest BCUT2D eigenvalue weighted by Crippen LogP contribution is -2.32. The molecule has 1 unspecified atom stereocenters. The zero-order chi connectivity index (χ0) is 21.5. The summed E-state index contributed by atoms with van der Waals surface area (Å²) in [5.41, 5.74) is 2.89. The number of methoxy groups -OCH3 is 1. The molecule has 2 aromatic carbocycles. The van der Waals surface area contributed by atoms with Gasteiger partial charge in [-0.05, 0) is 54.8 Å². The van der Waals surface area contributed by atoms with Crippen molar-refractivity contribution in [2.24, 2.45) is 5.41 Å². The third-order valence-corrected chi connectivity index (χ3v) is 5.33. The molecule has 29 heavy (non-hydrogen) atoms. The van der Waals surface area contributed by atoms with Crippen molar-refractivity contribution in [3.63, 3.8) is 0 Å². The van der Waals surface area contributed by atoms with Gasteiger partial charge in [0.2, 0.25) is 0 Å². The fourth-order valence-electron chi connectivity index (χ4n) is 3.48. The smallest absolute Gasteiger partial charge is 0.294 e. The van der Waals surface area contributed by atoms with E-state index in [4.69, 9.17) is 4.74 Å². The number of ether oxygens (including phenoxy) is 1. The minimum absolute atomic E-state index is 0.130. The third-order valence-electron chi connectivity index (χ3n) is 5.33. The number of hydrogen-bond donors (Lipinski definition) is 1. The Kier molecular flexibility index (Phi) is 5.26. The lowest BCUT2D eigenvalue weighted by molar-refractivity contribution is -0.123. The van der Waals surface area contributed by atoms with Gasteiger partial charge in [0.25, 0.3) is 5.91 Å². The van der Waals surface area contributed by atoms with Gasteiger partial charge in [0.1, 0.15) is 5.75 Å². The fraction of sp³-hybridized carbons (Fsp3) is 0.333. The van der Waals surface area contributed by atoms with E-state index in [1.165, 1.54) is 4.90 Å². The Morgan fingerprint density at radius 2 is 1.66 bits per heavy atom. The maximum atomic E-state index is 13.2. The first kappa shape index (κ1) is 20.6. The Labute approximate surface area is 171 Å². The van der Waals surface area contributed by atoms with Gasteiger partial charge in [0, 0.05) is 11.1 Å². The number of aliphatic hydroxyl groups is 1. The summed E-state index contributed by atoms with van der Waals surface area (Å²) in [6.07, 6.45) is 0. The van der Waals surface area contributed by atoms with Gasteiger partial charge in [0.05, 0.1) is 18.7 Å². The molecule has 1 heterocycles. The summed E-state index contributed by atoms with van der Waals surface area (Å²) >= 11 is 0. The first-order valence-electron chi connectivity index (χ1n) is 9.59. The molecule has 1 amide bonds. The van der Waals surface area contributed by atoms with Gasteiger partial charge >= 0.3 is 0 Å². The second-order valence-corrected chi connectivity index (χ2v) is 8.46. The molecule has 1 N–H and O–H groups in total. The highest BCUT2D eigenvalue weighted by Crippen LogP contribution is 2.43. The first-order chi connectivity index (χ1) is 13.6. The lowest BCUT2D eigenvalue weighted by Gasteiger charge is -2.29. The highest BCUT2D eigenvalue weighted by molar-refractivity contribution is 6.17. The highest BCUT2D eigenvalue weighted by atomic mass is 16.5. The van der Waals surface area contributed by atoms with Crippen molar-refractivity contribution < 1.29 is 19.4 Å². The van der Waals surface area contributed by atoms with Gasteiger partial charge in [-0.3, -0.25) is 14.5 Å². The number of amides is 1. The van der Waals surface area contributed by atoms with E-state index < -0.39 is 23.1 Å². The second kappa shape index (κ2) is 7.39. The van der Waals surface area contributed by atoms with E-state index in [9.17, 15) is 14.7 Å². The maximum absolute atomic E-state index is 13.2. The van der Waals surface area contributed by atoms with Gasteiger partial charge in [-0.25, -0.2) is 0 Å². The monoisotopic (exact) mass is 393 g/mol. The number of aryl methyl sites for hydroxylation is 2. The minimum atomic E-state index is -0.743. The largest absolute Gasteiger partial charge is 0.503 e. The van der Waals surface area contributed by atoms with E-state index in [-0.39, 0.29) is 11.4 Å². The molecular formula is C24H27NO4. The predicted molar refractivity (Wildman–Crippen MR) is 113 cm³/mol. The van der Waals surface area contributed by atoms with Crippen LogP contribution in [0.25, 0.3) is 0 Å². The lowest BCUT2D eigenvalue weighted by atomic mass is 9.82. The predicted octanol–water partition coefficient (Wildman–Crippen LogP) is 4.83. The molecule has 3 rings (SSSR count). The molecule has 0 spiro atoms. The summed E-state index contributed by atoms with van der Waals surface area (Å²) in [5, 5.41) is 10.7. The molecule has 0 aliphatic carbocycles. The van der Waals surface area contributed by atoms with E-state index in [1.54, 1.807) is 40.0 Å². The number of hydrogen-bond acceptors (Lipinski definition) is 4. The van der Waals surface area contributed by atoms with Crippen molar-refractivity contribution in [1.29, 1.82) is 0 Å². The van der Waals surface area contributed by atoms with Gasteiger partial charge in [0.15, 0.2) is 11.5 Å². The van der Waals surface area contributed by atoms with E-state index in [1.807, 2.05) is 44.2 Å². The van der Waals surface area contributed by atoms with Gasteiger partial charge < -0.3 is 9.84 Å².